The number of aromatic nitrogens is 5. The van der Waals surface area contributed by atoms with Gasteiger partial charge in [-0.2, -0.15) is 4.98 Å². The van der Waals surface area contributed by atoms with Crippen molar-refractivity contribution in [2.24, 2.45) is 0 Å². The molecule has 0 saturated carbocycles. The van der Waals surface area contributed by atoms with E-state index in [1.807, 2.05) is 0 Å². The van der Waals surface area contributed by atoms with E-state index in [1.54, 1.807) is 43.4 Å². The summed E-state index contributed by atoms with van der Waals surface area (Å²) >= 11 is 1.34. The van der Waals surface area contributed by atoms with Gasteiger partial charge in [0.1, 0.15) is 0 Å². The fourth-order valence-corrected chi connectivity index (χ4v) is 2.68. The minimum atomic E-state index is -0.0303. The molecule has 0 saturated heterocycles. The Morgan fingerprint density at radius 1 is 1.28 bits per heavy atom. The molecule has 0 unspecified atom stereocenters. The van der Waals surface area contributed by atoms with E-state index in [0.717, 1.165) is 5.56 Å². The topological polar surface area (TPSA) is 111 Å². The summed E-state index contributed by atoms with van der Waals surface area (Å²) < 4.78 is 10.6. The van der Waals surface area contributed by atoms with E-state index >= 15 is 0 Å². The maximum absolute atomic E-state index is 12.1. The van der Waals surface area contributed by atoms with Gasteiger partial charge < -0.3 is 13.8 Å². The second-order valence-corrected chi connectivity index (χ2v) is 6.24. The standard InChI is InChI=1S/C15H16N6O3S/c1-10-17-12(24-20-10)9-21(2)13(22)5-8-25-15-19-18-14(23-15)11-3-6-16-7-4-11/h3-4,6-7H,5,8-9H2,1-2H3. The van der Waals surface area contributed by atoms with E-state index in [0.29, 0.717) is 35.0 Å². The van der Waals surface area contributed by atoms with Gasteiger partial charge in [0.05, 0.1) is 6.54 Å². The molecular weight excluding hydrogens is 344 g/mol. The molecule has 0 aliphatic carbocycles. The summed E-state index contributed by atoms with van der Waals surface area (Å²) in [6, 6.07) is 3.58. The van der Waals surface area contributed by atoms with Crippen molar-refractivity contribution in [3.63, 3.8) is 0 Å². The van der Waals surface area contributed by atoms with Crippen molar-refractivity contribution < 1.29 is 13.7 Å². The Bertz CT molecular complexity index is 835. The highest BCUT2D eigenvalue weighted by molar-refractivity contribution is 7.99. The van der Waals surface area contributed by atoms with Crippen LogP contribution in [0.1, 0.15) is 18.1 Å². The van der Waals surface area contributed by atoms with E-state index < -0.39 is 0 Å². The van der Waals surface area contributed by atoms with Gasteiger partial charge >= 0.3 is 0 Å². The lowest BCUT2D eigenvalue weighted by Crippen LogP contribution is -2.26. The molecule has 9 nitrogen and oxygen atoms in total. The summed E-state index contributed by atoms with van der Waals surface area (Å²) in [6.45, 7) is 2.02. The van der Waals surface area contributed by atoms with Crippen LogP contribution in [0.15, 0.2) is 38.7 Å². The largest absolute Gasteiger partial charge is 0.411 e. The SMILES string of the molecule is Cc1noc(CN(C)C(=O)CCSc2nnc(-c3ccncc3)o2)n1. The molecule has 0 spiro atoms. The van der Waals surface area contributed by atoms with E-state index in [4.69, 9.17) is 8.94 Å². The van der Waals surface area contributed by atoms with Gasteiger partial charge in [0.2, 0.25) is 17.7 Å². The van der Waals surface area contributed by atoms with Crippen molar-refractivity contribution in [1.29, 1.82) is 0 Å². The van der Waals surface area contributed by atoms with Gasteiger partial charge in [-0.15, -0.1) is 10.2 Å². The first-order valence-corrected chi connectivity index (χ1v) is 8.50. The van der Waals surface area contributed by atoms with E-state index in [-0.39, 0.29) is 12.5 Å². The number of thioether (sulfide) groups is 1. The zero-order valence-electron chi connectivity index (χ0n) is 13.7. The number of carbonyl (C=O) groups is 1. The van der Waals surface area contributed by atoms with Gasteiger partial charge in [-0.25, -0.2) is 0 Å². The molecule has 0 aliphatic rings. The van der Waals surface area contributed by atoms with Gasteiger partial charge in [0.15, 0.2) is 5.82 Å². The maximum atomic E-state index is 12.1. The summed E-state index contributed by atoms with van der Waals surface area (Å²) in [5.41, 5.74) is 0.806. The number of carbonyl (C=O) groups excluding carboxylic acids is 1. The van der Waals surface area contributed by atoms with Crippen LogP contribution < -0.4 is 0 Å². The number of pyridine rings is 1. The predicted molar refractivity (Wildman–Crippen MR) is 88.4 cm³/mol. The minimum Gasteiger partial charge on any atom is -0.411 e. The highest BCUT2D eigenvalue weighted by Gasteiger charge is 2.14. The fourth-order valence-electron chi connectivity index (χ4n) is 1.99. The van der Waals surface area contributed by atoms with Gasteiger partial charge in [0.25, 0.3) is 5.22 Å². The normalized spacial score (nSPS) is 10.8. The van der Waals surface area contributed by atoms with Crippen LogP contribution in [0.4, 0.5) is 0 Å². The lowest BCUT2D eigenvalue weighted by molar-refractivity contribution is -0.130. The van der Waals surface area contributed by atoms with Crippen molar-refractivity contribution in [2.75, 3.05) is 12.8 Å². The molecule has 0 fully saturated rings. The van der Waals surface area contributed by atoms with Crippen molar-refractivity contribution >= 4 is 17.7 Å². The van der Waals surface area contributed by atoms with Gasteiger partial charge in [-0.1, -0.05) is 16.9 Å². The third-order valence-corrected chi connectivity index (χ3v) is 4.06. The molecule has 0 N–H and O–H groups in total. The quantitative estimate of drug-likeness (QED) is 0.584. The molecule has 0 aromatic carbocycles. The fraction of sp³-hybridized carbons (Fsp3) is 0.333. The molecular formula is C15H16N6O3S. The number of rotatable bonds is 7. The van der Waals surface area contributed by atoms with E-state index in [2.05, 4.69) is 25.3 Å². The first-order valence-electron chi connectivity index (χ1n) is 7.51. The highest BCUT2D eigenvalue weighted by Crippen LogP contribution is 2.23. The summed E-state index contributed by atoms with van der Waals surface area (Å²) in [4.78, 5) is 21.7. The first kappa shape index (κ1) is 17.1. The average molecular weight is 360 g/mol. The summed E-state index contributed by atoms with van der Waals surface area (Å²) in [7, 11) is 1.70. The molecule has 3 aromatic rings. The lowest BCUT2D eigenvalue weighted by atomic mass is 10.3. The molecule has 3 aromatic heterocycles. The predicted octanol–water partition coefficient (Wildman–Crippen LogP) is 1.96. The maximum Gasteiger partial charge on any atom is 0.276 e. The van der Waals surface area contributed by atoms with Crippen molar-refractivity contribution in [3.05, 3.63) is 36.2 Å². The van der Waals surface area contributed by atoms with Crippen LogP contribution in [-0.4, -0.2) is 48.9 Å². The number of amides is 1. The third kappa shape index (κ3) is 4.63. The van der Waals surface area contributed by atoms with Crippen LogP contribution in [0.3, 0.4) is 0 Å². The van der Waals surface area contributed by atoms with E-state index in [1.165, 1.54) is 11.8 Å². The summed E-state index contributed by atoms with van der Waals surface area (Å²) in [5, 5.41) is 12.1. The zero-order valence-corrected chi connectivity index (χ0v) is 14.6. The van der Waals surface area contributed by atoms with Crippen LogP contribution >= 0.6 is 11.8 Å². The molecule has 0 atom stereocenters. The number of hydrogen-bond acceptors (Lipinski definition) is 9. The molecule has 0 aliphatic heterocycles. The van der Waals surface area contributed by atoms with Crippen molar-refractivity contribution in [3.8, 4) is 11.5 Å². The van der Waals surface area contributed by atoms with Gasteiger partial charge in [-0.05, 0) is 19.1 Å². The molecule has 1 amide bonds. The van der Waals surface area contributed by atoms with Crippen molar-refractivity contribution in [2.45, 2.75) is 25.1 Å². The second-order valence-electron chi connectivity index (χ2n) is 5.19. The Morgan fingerprint density at radius 3 is 2.80 bits per heavy atom. The second kappa shape index (κ2) is 7.88. The van der Waals surface area contributed by atoms with Crippen LogP contribution in [0, 0.1) is 6.92 Å². The van der Waals surface area contributed by atoms with Crippen LogP contribution in [0.5, 0.6) is 0 Å². The molecule has 0 radical (unpaired) electrons. The lowest BCUT2D eigenvalue weighted by Gasteiger charge is -2.13. The Balaban J connectivity index is 1.46. The first-order chi connectivity index (χ1) is 12.1. The highest BCUT2D eigenvalue weighted by atomic mass is 32.2. The van der Waals surface area contributed by atoms with Gasteiger partial charge in [-0.3, -0.25) is 9.78 Å². The molecule has 25 heavy (non-hydrogen) atoms. The molecule has 3 heterocycles. The number of aryl methyl sites for hydroxylation is 1. The average Bonchev–Trinajstić information content (AvgIpc) is 3.25. The minimum absolute atomic E-state index is 0.0303. The third-order valence-electron chi connectivity index (χ3n) is 3.24. The Hall–Kier alpha value is -2.75. The van der Waals surface area contributed by atoms with Crippen LogP contribution in [0.2, 0.25) is 0 Å². The smallest absolute Gasteiger partial charge is 0.276 e. The summed E-state index contributed by atoms with van der Waals surface area (Å²) in [6.07, 6.45) is 3.65. The monoisotopic (exact) mass is 360 g/mol. The molecule has 3 rings (SSSR count). The Labute approximate surface area is 147 Å². The molecule has 10 heteroatoms. The Kier molecular flexibility index (Phi) is 5.39. The van der Waals surface area contributed by atoms with Crippen molar-refractivity contribution in [1.82, 2.24) is 30.2 Å². The molecule has 0 bridgehead atoms. The number of hydrogen-bond donors (Lipinski definition) is 0. The zero-order chi connectivity index (χ0) is 17.6. The van der Waals surface area contributed by atoms with Crippen LogP contribution in [-0.2, 0) is 11.3 Å². The number of nitrogens with zero attached hydrogens (tertiary/aromatic N) is 6. The Morgan fingerprint density at radius 2 is 2.08 bits per heavy atom. The van der Waals surface area contributed by atoms with Gasteiger partial charge in [0, 0.05) is 37.2 Å². The van der Waals surface area contributed by atoms with E-state index in [9.17, 15) is 4.79 Å². The van der Waals surface area contributed by atoms with Crippen LogP contribution in [0.25, 0.3) is 11.5 Å². The summed E-state index contributed by atoms with van der Waals surface area (Å²) in [5.74, 6) is 1.90. The molecule has 130 valence electrons.